The van der Waals surface area contributed by atoms with E-state index in [2.05, 4.69) is 43.4 Å². The number of thioether (sulfide) groups is 1. The number of hydrogen-bond donors (Lipinski definition) is 1. The number of nitrogens with one attached hydrogen (secondary N) is 1. The van der Waals surface area contributed by atoms with Crippen LogP contribution in [0, 0.1) is 0 Å². The molecule has 0 radical (unpaired) electrons. The van der Waals surface area contributed by atoms with Crippen LogP contribution in [-0.4, -0.2) is 24.2 Å². The van der Waals surface area contributed by atoms with Crippen LogP contribution in [0.1, 0.15) is 44.7 Å². The smallest absolute Gasteiger partial charge is 0.120 e. The number of ether oxygens (including phenoxy) is 1. The molecule has 1 atom stereocenters. The molecule has 0 heterocycles. The molecule has 1 fully saturated rings. The second kappa shape index (κ2) is 7.81. The fourth-order valence-electron chi connectivity index (χ4n) is 2.01. The van der Waals surface area contributed by atoms with Crippen LogP contribution in [0.2, 0.25) is 0 Å². The Morgan fingerprint density at radius 2 is 2.21 bits per heavy atom. The highest BCUT2D eigenvalue weighted by Gasteiger charge is 2.23. The normalized spacial score (nSPS) is 16.3. The Morgan fingerprint density at radius 3 is 2.89 bits per heavy atom. The molecule has 106 valence electrons. The van der Waals surface area contributed by atoms with Gasteiger partial charge in [0.15, 0.2) is 0 Å². The minimum atomic E-state index is 0.438. The summed E-state index contributed by atoms with van der Waals surface area (Å²) >= 11 is 1.99. The maximum absolute atomic E-state index is 5.89. The minimum absolute atomic E-state index is 0.438. The van der Waals surface area contributed by atoms with E-state index in [4.69, 9.17) is 4.74 Å². The van der Waals surface area contributed by atoms with Gasteiger partial charge in [0.2, 0.25) is 0 Å². The molecule has 1 saturated carbocycles. The lowest BCUT2D eigenvalue weighted by Gasteiger charge is -2.19. The van der Waals surface area contributed by atoms with Crippen molar-refractivity contribution in [3.63, 3.8) is 0 Å². The van der Waals surface area contributed by atoms with Gasteiger partial charge in [-0.15, -0.1) is 0 Å². The van der Waals surface area contributed by atoms with Crippen molar-refractivity contribution in [3.05, 3.63) is 29.8 Å². The standard InChI is InChI=1S/C16H25NOS/c1-3-10-17-16(12-19-4-2)13-6-5-7-15(11-13)18-14-8-9-14/h5-7,11,14,16-17H,3-4,8-10,12H2,1-2H3. The van der Waals surface area contributed by atoms with Crippen LogP contribution in [0.15, 0.2) is 24.3 Å². The summed E-state index contributed by atoms with van der Waals surface area (Å²) in [5.41, 5.74) is 1.35. The lowest BCUT2D eigenvalue weighted by Crippen LogP contribution is -2.24. The third-order valence-corrected chi connectivity index (χ3v) is 4.19. The molecule has 0 aromatic heterocycles. The van der Waals surface area contributed by atoms with Crippen LogP contribution < -0.4 is 10.1 Å². The summed E-state index contributed by atoms with van der Waals surface area (Å²) < 4.78 is 5.89. The van der Waals surface area contributed by atoms with Crippen LogP contribution >= 0.6 is 11.8 Å². The molecule has 2 nitrogen and oxygen atoms in total. The van der Waals surface area contributed by atoms with Crippen LogP contribution in [0.5, 0.6) is 5.75 Å². The van der Waals surface area contributed by atoms with E-state index in [1.807, 2.05) is 11.8 Å². The lowest BCUT2D eigenvalue weighted by molar-refractivity contribution is 0.302. The molecule has 3 heteroatoms. The van der Waals surface area contributed by atoms with Gasteiger partial charge in [-0.1, -0.05) is 26.0 Å². The second-order valence-electron chi connectivity index (χ2n) is 5.06. The van der Waals surface area contributed by atoms with Gasteiger partial charge in [0, 0.05) is 11.8 Å². The summed E-state index contributed by atoms with van der Waals surface area (Å²) in [6.07, 6.45) is 4.08. The van der Waals surface area contributed by atoms with E-state index in [0.717, 1.165) is 18.0 Å². The van der Waals surface area contributed by atoms with Crippen LogP contribution in [0.25, 0.3) is 0 Å². The summed E-state index contributed by atoms with van der Waals surface area (Å²) in [7, 11) is 0. The maximum Gasteiger partial charge on any atom is 0.120 e. The second-order valence-corrected chi connectivity index (χ2v) is 6.37. The Labute approximate surface area is 121 Å². The average Bonchev–Trinajstić information content (AvgIpc) is 3.23. The fourth-order valence-corrected chi connectivity index (χ4v) is 2.79. The Hall–Kier alpha value is -0.670. The van der Waals surface area contributed by atoms with Crippen molar-refractivity contribution >= 4 is 11.8 Å². The van der Waals surface area contributed by atoms with E-state index in [1.165, 1.54) is 30.6 Å². The van der Waals surface area contributed by atoms with E-state index in [1.54, 1.807) is 0 Å². The highest BCUT2D eigenvalue weighted by Crippen LogP contribution is 2.29. The summed E-state index contributed by atoms with van der Waals surface area (Å²) in [6.45, 7) is 5.50. The third-order valence-electron chi connectivity index (χ3n) is 3.22. The van der Waals surface area contributed by atoms with E-state index in [-0.39, 0.29) is 0 Å². The van der Waals surface area contributed by atoms with Crippen LogP contribution in [-0.2, 0) is 0 Å². The summed E-state index contributed by atoms with van der Waals surface area (Å²) in [5.74, 6) is 3.33. The number of rotatable bonds is 9. The minimum Gasteiger partial charge on any atom is -0.490 e. The Morgan fingerprint density at radius 1 is 1.37 bits per heavy atom. The lowest BCUT2D eigenvalue weighted by atomic mass is 10.1. The monoisotopic (exact) mass is 279 g/mol. The number of benzene rings is 1. The fraction of sp³-hybridized carbons (Fsp3) is 0.625. The van der Waals surface area contributed by atoms with Crippen molar-refractivity contribution < 1.29 is 4.74 Å². The summed E-state index contributed by atoms with van der Waals surface area (Å²) in [5, 5.41) is 3.64. The molecule has 0 aliphatic heterocycles. The molecule has 0 saturated heterocycles. The molecule has 1 N–H and O–H groups in total. The van der Waals surface area contributed by atoms with E-state index >= 15 is 0 Å². The molecular formula is C16H25NOS. The predicted octanol–water partition coefficient (Wildman–Crippen LogP) is 4.02. The third kappa shape index (κ3) is 5.07. The van der Waals surface area contributed by atoms with E-state index in [0.29, 0.717) is 12.1 Å². The molecule has 19 heavy (non-hydrogen) atoms. The zero-order valence-electron chi connectivity index (χ0n) is 12.0. The van der Waals surface area contributed by atoms with Crippen molar-refractivity contribution in [2.24, 2.45) is 0 Å². The largest absolute Gasteiger partial charge is 0.490 e. The predicted molar refractivity (Wildman–Crippen MR) is 84.1 cm³/mol. The van der Waals surface area contributed by atoms with Gasteiger partial charge >= 0.3 is 0 Å². The van der Waals surface area contributed by atoms with Gasteiger partial charge < -0.3 is 10.1 Å². The number of hydrogen-bond acceptors (Lipinski definition) is 3. The summed E-state index contributed by atoms with van der Waals surface area (Å²) in [6, 6.07) is 9.05. The van der Waals surface area contributed by atoms with E-state index in [9.17, 15) is 0 Å². The highest BCUT2D eigenvalue weighted by atomic mass is 32.2. The van der Waals surface area contributed by atoms with Crippen LogP contribution in [0.4, 0.5) is 0 Å². The maximum atomic E-state index is 5.89. The first-order valence-electron chi connectivity index (χ1n) is 7.41. The van der Waals surface area contributed by atoms with Gasteiger partial charge in [0.05, 0.1) is 6.10 Å². The molecule has 2 rings (SSSR count). The molecule has 1 unspecified atom stereocenters. The molecule has 1 aromatic rings. The van der Waals surface area contributed by atoms with Crippen molar-refractivity contribution in [2.45, 2.75) is 45.3 Å². The first-order valence-corrected chi connectivity index (χ1v) is 8.56. The molecule has 1 aromatic carbocycles. The quantitative estimate of drug-likeness (QED) is 0.737. The molecule has 0 amide bonds. The van der Waals surface area contributed by atoms with Gasteiger partial charge in [-0.3, -0.25) is 0 Å². The van der Waals surface area contributed by atoms with E-state index < -0.39 is 0 Å². The average molecular weight is 279 g/mol. The van der Waals surface area contributed by atoms with Crippen molar-refractivity contribution in [1.29, 1.82) is 0 Å². The van der Waals surface area contributed by atoms with Gasteiger partial charge in [-0.2, -0.15) is 11.8 Å². The van der Waals surface area contributed by atoms with Crippen LogP contribution in [0.3, 0.4) is 0 Å². The first kappa shape index (κ1) is 14.7. The highest BCUT2D eigenvalue weighted by molar-refractivity contribution is 7.99. The van der Waals surface area contributed by atoms with Gasteiger partial charge in [-0.25, -0.2) is 0 Å². The molecule has 1 aliphatic rings. The molecular weight excluding hydrogens is 254 g/mol. The van der Waals surface area contributed by atoms with Crippen molar-refractivity contribution in [1.82, 2.24) is 5.32 Å². The molecule has 1 aliphatic carbocycles. The zero-order chi connectivity index (χ0) is 13.5. The first-order chi connectivity index (χ1) is 9.33. The topological polar surface area (TPSA) is 21.3 Å². The molecule has 0 bridgehead atoms. The van der Waals surface area contributed by atoms with Gasteiger partial charge in [0.25, 0.3) is 0 Å². The van der Waals surface area contributed by atoms with Gasteiger partial charge in [0.1, 0.15) is 5.75 Å². The van der Waals surface area contributed by atoms with Crippen molar-refractivity contribution in [2.75, 3.05) is 18.1 Å². The SMILES string of the molecule is CCCNC(CSCC)c1cccc(OC2CC2)c1. The Balaban J connectivity index is 2.00. The zero-order valence-corrected chi connectivity index (χ0v) is 12.8. The Kier molecular flexibility index (Phi) is 6.05. The van der Waals surface area contributed by atoms with Crippen molar-refractivity contribution in [3.8, 4) is 5.75 Å². The molecule has 0 spiro atoms. The van der Waals surface area contributed by atoms with Gasteiger partial charge in [-0.05, 0) is 49.3 Å². The Bertz CT molecular complexity index is 371. The summed E-state index contributed by atoms with van der Waals surface area (Å²) in [4.78, 5) is 0.